The molecule has 6 rings (SSSR count). The largest absolute Gasteiger partial charge is 0.497 e. The van der Waals surface area contributed by atoms with E-state index in [4.69, 9.17) is 9.47 Å². The van der Waals surface area contributed by atoms with E-state index in [2.05, 4.69) is 38.1 Å². The highest BCUT2D eigenvalue weighted by Crippen LogP contribution is 2.43. The monoisotopic (exact) mass is 532 g/mol. The van der Waals surface area contributed by atoms with Crippen molar-refractivity contribution in [2.75, 3.05) is 14.2 Å². The summed E-state index contributed by atoms with van der Waals surface area (Å²) >= 11 is 0. The van der Waals surface area contributed by atoms with Crippen LogP contribution >= 0.6 is 0 Å². The topological polar surface area (TPSA) is 58.9 Å². The standard InChI is InChI=1S/2C18H18O2/c2*1-12-11-17(13-7-9-14(20-2)10-8-13)18(19)16-6-4-3-5-15(12)16/h2*3-11,17-19H,1-2H3/t2*17-,18-/m00/s1. The summed E-state index contributed by atoms with van der Waals surface area (Å²) in [5.41, 5.74) is 8.94. The Morgan fingerprint density at radius 1 is 0.500 bits per heavy atom. The van der Waals surface area contributed by atoms with Gasteiger partial charge in [-0.2, -0.15) is 0 Å². The van der Waals surface area contributed by atoms with Gasteiger partial charge in [-0.25, -0.2) is 0 Å². The number of ether oxygens (including phenoxy) is 2. The Morgan fingerprint density at radius 2 is 0.850 bits per heavy atom. The Bertz CT molecular complexity index is 1400. The predicted molar refractivity (Wildman–Crippen MR) is 162 cm³/mol. The van der Waals surface area contributed by atoms with Gasteiger partial charge in [-0.15, -0.1) is 0 Å². The van der Waals surface area contributed by atoms with Crippen molar-refractivity contribution in [1.82, 2.24) is 0 Å². The fourth-order valence-corrected chi connectivity index (χ4v) is 5.72. The molecule has 4 heteroatoms. The quantitative estimate of drug-likeness (QED) is 0.281. The predicted octanol–water partition coefficient (Wildman–Crippen LogP) is 7.86. The molecule has 0 saturated carbocycles. The molecule has 0 bridgehead atoms. The number of fused-ring (bicyclic) bond motifs is 2. The van der Waals surface area contributed by atoms with Gasteiger partial charge in [0, 0.05) is 11.8 Å². The van der Waals surface area contributed by atoms with Gasteiger partial charge in [-0.05, 0) is 82.6 Å². The van der Waals surface area contributed by atoms with Gasteiger partial charge in [-0.1, -0.05) is 84.9 Å². The second kappa shape index (κ2) is 12.0. The fourth-order valence-electron chi connectivity index (χ4n) is 5.72. The minimum atomic E-state index is -0.497. The van der Waals surface area contributed by atoms with E-state index in [1.807, 2.05) is 84.9 Å². The van der Waals surface area contributed by atoms with Crippen molar-refractivity contribution in [1.29, 1.82) is 0 Å². The van der Waals surface area contributed by atoms with Gasteiger partial charge in [0.2, 0.25) is 0 Å². The maximum Gasteiger partial charge on any atom is 0.118 e. The first kappa shape index (κ1) is 27.4. The smallest absolute Gasteiger partial charge is 0.118 e. The molecule has 0 aromatic heterocycles. The molecule has 4 aromatic carbocycles. The summed E-state index contributed by atoms with van der Waals surface area (Å²) in [5.74, 6) is 1.66. The summed E-state index contributed by atoms with van der Waals surface area (Å²) < 4.78 is 10.4. The molecule has 2 N–H and O–H groups in total. The average Bonchev–Trinajstić information content (AvgIpc) is 3.01. The molecule has 0 aliphatic heterocycles. The number of rotatable bonds is 4. The van der Waals surface area contributed by atoms with Crippen molar-refractivity contribution in [2.24, 2.45) is 0 Å². The van der Waals surface area contributed by atoms with Crippen molar-refractivity contribution < 1.29 is 19.7 Å². The molecule has 0 radical (unpaired) electrons. The average molecular weight is 533 g/mol. The van der Waals surface area contributed by atoms with Crippen LogP contribution in [0.15, 0.2) is 109 Å². The third-order valence-electron chi connectivity index (χ3n) is 7.95. The van der Waals surface area contributed by atoms with Crippen LogP contribution < -0.4 is 9.47 Å². The highest BCUT2D eigenvalue weighted by Gasteiger charge is 2.28. The zero-order valence-corrected chi connectivity index (χ0v) is 23.4. The molecule has 0 fully saturated rings. The van der Waals surface area contributed by atoms with Crippen LogP contribution in [0.1, 0.15) is 71.3 Å². The Labute approximate surface area is 236 Å². The molecule has 4 nitrogen and oxygen atoms in total. The summed E-state index contributed by atoms with van der Waals surface area (Å²) in [6, 6.07) is 31.9. The zero-order valence-electron chi connectivity index (χ0n) is 23.4. The van der Waals surface area contributed by atoms with E-state index < -0.39 is 12.2 Å². The van der Waals surface area contributed by atoms with E-state index in [1.54, 1.807) is 14.2 Å². The molecule has 40 heavy (non-hydrogen) atoms. The Morgan fingerprint density at radius 3 is 1.20 bits per heavy atom. The lowest BCUT2D eigenvalue weighted by molar-refractivity contribution is 0.159. The van der Waals surface area contributed by atoms with Gasteiger partial charge in [0.05, 0.1) is 26.4 Å². The summed E-state index contributed by atoms with van der Waals surface area (Å²) in [4.78, 5) is 0. The Hall–Kier alpha value is -4.12. The van der Waals surface area contributed by atoms with Crippen LogP contribution in [0.2, 0.25) is 0 Å². The molecule has 0 heterocycles. The normalized spacial score (nSPS) is 21.1. The molecule has 4 aromatic rings. The van der Waals surface area contributed by atoms with Crippen molar-refractivity contribution in [2.45, 2.75) is 37.9 Å². The number of methoxy groups -OCH3 is 2. The highest BCUT2D eigenvalue weighted by molar-refractivity contribution is 5.72. The molecule has 204 valence electrons. The Balaban J connectivity index is 0.000000161. The first-order valence-electron chi connectivity index (χ1n) is 13.6. The second-order valence-electron chi connectivity index (χ2n) is 10.4. The SMILES string of the molecule is COc1ccc([C@@H]2C=C(C)c3ccccc3[C@@H]2O)cc1.COc1ccc([C@@H]2C=C(C)c3ccccc3[C@@H]2O)cc1. The first-order valence-corrected chi connectivity index (χ1v) is 13.6. The Kier molecular flexibility index (Phi) is 8.20. The summed E-state index contributed by atoms with van der Waals surface area (Å²) in [7, 11) is 3.31. The molecular weight excluding hydrogens is 496 g/mol. The number of hydrogen-bond acceptors (Lipinski definition) is 4. The van der Waals surface area contributed by atoms with Gasteiger partial charge in [0.25, 0.3) is 0 Å². The van der Waals surface area contributed by atoms with Crippen LogP contribution in [0.5, 0.6) is 11.5 Å². The van der Waals surface area contributed by atoms with Crippen LogP contribution in [-0.4, -0.2) is 24.4 Å². The van der Waals surface area contributed by atoms with Gasteiger partial charge < -0.3 is 19.7 Å². The minimum absolute atomic E-state index is 0.00388. The van der Waals surface area contributed by atoms with Crippen LogP contribution in [0, 0.1) is 0 Å². The number of allylic oxidation sites excluding steroid dienone is 2. The second-order valence-corrected chi connectivity index (χ2v) is 10.4. The van der Waals surface area contributed by atoms with Crippen molar-refractivity contribution in [3.63, 3.8) is 0 Å². The van der Waals surface area contributed by atoms with Crippen molar-refractivity contribution in [3.8, 4) is 11.5 Å². The number of benzene rings is 4. The maximum absolute atomic E-state index is 10.6. The molecular formula is C36H36O4. The number of hydrogen-bond donors (Lipinski definition) is 2. The van der Waals surface area contributed by atoms with Gasteiger partial charge in [-0.3, -0.25) is 0 Å². The first-order chi connectivity index (χ1) is 19.4. The summed E-state index contributed by atoms with van der Waals surface area (Å²) in [6.07, 6.45) is 3.30. The third kappa shape index (κ3) is 5.46. The molecule has 2 aliphatic carbocycles. The number of aliphatic hydroxyl groups excluding tert-OH is 2. The lowest BCUT2D eigenvalue weighted by Crippen LogP contribution is -2.15. The van der Waals surface area contributed by atoms with E-state index in [0.29, 0.717) is 0 Å². The number of aliphatic hydroxyl groups is 2. The lowest BCUT2D eigenvalue weighted by Gasteiger charge is -2.28. The molecule has 0 saturated heterocycles. The van der Waals surface area contributed by atoms with Gasteiger partial charge in [0.15, 0.2) is 0 Å². The van der Waals surface area contributed by atoms with Crippen molar-refractivity contribution in [3.05, 3.63) is 143 Å². The van der Waals surface area contributed by atoms with Gasteiger partial charge in [0.1, 0.15) is 11.5 Å². The van der Waals surface area contributed by atoms with E-state index in [-0.39, 0.29) is 11.8 Å². The van der Waals surface area contributed by atoms with Gasteiger partial charge >= 0.3 is 0 Å². The molecule has 4 atom stereocenters. The van der Waals surface area contributed by atoms with Crippen LogP contribution in [0.3, 0.4) is 0 Å². The zero-order chi connectivity index (χ0) is 28.2. The molecule has 2 aliphatic rings. The van der Waals surface area contributed by atoms with Crippen molar-refractivity contribution >= 4 is 11.1 Å². The van der Waals surface area contributed by atoms with E-state index in [1.165, 1.54) is 11.1 Å². The summed E-state index contributed by atoms with van der Waals surface area (Å²) in [6.45, 7) is 4.20. The molecule has 0 spiro atoms. The maximum atomic E-state index is 10.6. The summed E-state index contributed by atoms with van der Waals surface area (Å²) in [5, 5.41) is 21.3. The van der Waals surface area contributed by atoms with E-state index in [9.17, 15) is 10.2 Å². The lowest BCUT2D eigenvalue weighted by atomic mass is 9.79. The van der Waals surface area contributed by atoms with Crippen LogP contribution in [0.4, 0.5) is 0 Å². The molecule has 0 amide bonds. The van der Waals surface area contributed by atoms with Crippen LogP contribution in [-0.2, 0) is 0 Å². The van der Waals surface area contributed by atoms with Crippen LogP contribution in [0.25, 0.3) is 11.1 Å². The minimum Gasteiger partial charge on any atom is -0.497 e. The van der Waals surface area contributed by atoms with E-state index >= 15 is 0 Å². The third-order valence-corrected chi connectivity index (χ3v) is 7.95. The fraction of sp³-hybridized carbons (Fsp3) is 0.222. The highest BCUT2D eigenvalue weighted by atomic mass is 16.5. The van der Waals surface area contributed by atoms with E-state index in [0.717, 1.165) is 44.9 Å². The molecule has 0 unspecified atom stereocenters.